The maximum Gasteiger partial charge on any atom is 0.250 e. The Bertz CT molecular complexity index is 864. The second-order valence-electron chi connectivity index (χ2n) is 4.63. The van der Waals surface area contributed by atoms with Crippen molar-refractivity contribution in [3.63, 3.8) is 0 Å². The summed E-state index contributed by atoms with van der Waals surface area (Å²) in [5, 5.41) is 0. The molecule has 23 heavy (non-hydrogen) atoms. The van der Waals surface area contributed by atoms with Gasteiger partial charge in [-0.2, -0.15) is 0 Å². The summed E-state index contributed by atoms with van der Waals surface area (Å²) in [7, 11) is -7.22. The van der Waals surface area contributed by atoms with E-state index in [2.05, 4.69) is 4.72 Å². The molecule has 0 saturated heterocycles. The molecule has 0 amide bonds. The van der Waals surface area contributed by atoms with Crippen molar-refractivity contribution in [2.24, 2.45) is 0 Å². The fourth-order valence-corrected chi connectivity index (χ4v) is 5.35. The molecule has 10 heteroatoms. The van der Waals surface area contributed by atoms with E-state index < -0.39 is 20.0 Å². The van der Waals surface area contributed by atoms with Gasteiger partial charge >= 0.3 is 0 Å². The van der Waals surface area contributed by atoms with Crippen molar-refractivity contribution in [3.05, 3.63) is 46.8 Å². The molecular weight excluding hydrogens is 380 g/mol. The van der Waals surface area contributed by atoms with E-state index in [0.29, 0.717) is 10.0 Å². The molecule has 0 aliphatic rings. The molecule has 126 valence electrons. The summed E-state index contributed by atoms with van der Waals surface area (Å²) in [6.07, 6.45) is 1.08. The van der Waals surface area contributed by atoms with E-state index in [1.807, 2.05) is 0 Å². The highest BCUT2D eigenvalue weighted by molar-refractivity contribution is 7.92. The lowest BCUT2D eigenvalue weighted by Crippen LogP contribution is -2.38. The number of anilines is 1. The van der Waals surface area contributed by atoms with Gasteiger partial charge in [-0.15, -0.1) is 11.3 Å². The largest absolute Gasteiger partial charge is 0.269 e. The zero-order valence-electron chi connectivity index (χ0n) is 12.1. The normalized spacial score (nSPS) is 12.3. The van der Waals surface area contributed by atoms with E-state index in [1.165, 1.54) is 12.1 Å². The number of benzene rings is 1. The van der Waals surface area contributed by atoms with Gasteiger partial charge in [0.05, 0.1) is 16.3 Å². The predicted molar refractivity (Wildman–Crippen MR) is 93.1 cm³/mol. The molecule has 0 radical (unpaired) electrons. The summed E-state index contributed by atoms with van der Waals surface area (Å²) in [6.45, 7) is -0.0685. The van der Waals surface area contributed by atoms with Crippen LogP contribution in [0.4, 0.5) is 5.69 Å². The number of nitrogens with one attached hydrogen (secondary N) is 1. The Morgan fingerprint density at radius 3 is 2.26 bits per heavy atom. The monoisotopic (exact) mass is 394 g/mol. The Morgan fingerprint density at radius 1 is 1.09 bits per heavy atom. The number of thiophene rings is 1. The van der Waals surface area contributed by atoms with E-state index in [-0.39, 0.29) is 17.3 Å². The predicted octanol–water partition coefficient (Wildman–Crippen LogP) is 2.15. The van der Waals surface area contributed by atoms with Crippen molar-refractivity contribution in [1.82, 2.24) is 4.72 Å². The molecule has 0 atom stereocenters. The van der Waals surface area contributed by atoms with Gasteiger partial charge in [0.2, 0.25) is 20.0 Å². The van der Waals surface area contributed by atoms with Crippen molar-refractivity contribution in [2.45, 2.75) is 4.21 Å². The second kappa shape index (κ2) is 7.18. The first-order chi connectivity index (χ1) is 10.7. The molecule has 0 spiro atoms. The number of sulfonamides is 2. The van der Waals surface area contributed by atoms with Gasteiger partial charge in [0.25, 0.3) is 0 Å². The molecule has 1 aromatic carbocycles. The van der Waals surface area contributed by atoms with Crippen molar-refractivity contribution in [1.29, 1.82) is 0 Å². The van der Waals surface area contributed by atoms with Crippen LogP contribution in [0.2, 0.25) is 4.34 Å². The standard InChI is InChI=1S/C13H15ClN2O4S3/c1-22(17,18)16(11-5-3-2-4-6-11)10-9-15-23(19,20)13-8-7-12(14)21-13/h2-8,15H,9-10H2,1H3. The number of rotatable bonds is 7. The maximum atomic E-state index is 12.1. The Balaban J connectivity index is 2.08. The van der Waals surface area contributed by atoms with E-state index in [4.69, 9.17) is 11.6 Å². The van der Waals surface area contributed by atoms with E-state index in [9.17, 15) is 16.8 Å². The molecule has 0 aliphatic heterocycles. The van der Waals surface area contributed by atoms with Crippen LogP contribution in [0.3, 0.4) is 0 Å². The first kappa shape index (κ1) is 18.2. The van der Waals surface area contributed by atoms with E-state index >= 15 is 0 Å². The van der Waals surface area contributed by atoms with Crippen LogP contribution < -0.4 is 9.03 Å². The van der Waals surface area contributed by atoms with Crippen molar-refractivity contribution < 1.29 is 16.8 Å². The van der Waals surface area contributed by atoms with Crippen LogP contribution in [-0.4, -0.2) is 36.2 Å². The van der Waals surface area contributed by atoms with Crippen LogP contribution in [-0.2, 0) is 20.0 Å². The summed E-state index contributed by atoms with van der Waals surface area (Å²) in [6, 6.07) is 11.4. The minimum absolute atomic E-state index is 0.0127. The lowest BCUT2D eigenvalue weighted by atomic mass is 10.3. The summed E-state index contributed by atoms with van der Waals surface area (Å²) >= 11 is 6.67. The van der Waals surface area contributed by atoms with Gasteiger partial charge in [0, 0.05) is 13.1 Å². The van der Waals surface area contributed by atoms with Gasteiger partial charge in [-0.3, -0.25) is 4.31 Å². The Kier molecular flexibility index (Phi) is 5.69. The summed E-state index contributed by atoms with van der Waals surface area (Å²) < 4.78 is 51.9. The third kappa shape index (κ3) is 4.92. The van der Waals surface area contributed by atoms with E-state index in [0.717, 1.165) is 21.9 Å². The maximum absolute atomic E-state index is 12.1. The first-order valence-corrected chi connectivity index (χ1v) is 11.0. The molecule has 0 saturated carbocycles. The van der Waals surface area contributed by atoms with Gasteiger partial charge in [0.15, 0.2) is 0 Å². The zero-order valence-corrected chi connectivity index (χ0v) is 15.3. The molecule has 1 heterocycles. The number of nitrogens with zero attached hydrogens (tertiary/aromatic N) is 1. The summed E-state index contributed by atoms with van der Waals surface area (Å²) in [5.74, 6) is 0. The molecule has 0 bridgehead atoms. The molecule has 1 N–H and O–H groups in total. The van der Waals surface area contributed by atoms with Crippen LogP contribution in [0.1, 0.15) is 0 Å². The van der Waals surface area contributed by atoms with Crippen LogP contribution in [0.15, 0.2) is 46.7 Å². The fourth-order valence-electron chi connectivity index (χ4n) is 1.88. The van der Waals surface area contributed by atoms with Crippen LogP contribution >= 0.6 is 22.9 Å². The van der Waals surface area contributed by atoms with E-state index in [1.54, 1.807) is 30.3 Å². The summed E-state index contributed by atoms with van der Waals surface area (Å²) in [5.41, 5.74) is 0.480. The molecule has 0 fully saturated rings. The van der Waals surface area contributed by atoms with Crippen molar-refractivity contribution in [3.8, 4) is 0 Å². The molecule has 0 aliphatic carbocycles. The average Bonchev–Trinajstić information content (AvgIpc) is 2.91. The Morgan fingerprint density at radius 2 is 1.74 bits per heavy atom. The van der Waals surface area contributed by atoms with Gasteiger partial charge in [-0.25, -0.2) is 21.6 Å². The minimum Gasteiger partial charge on any atom is -0.269 e. The van der Waals surface area contributed by atoms with Gasteiger partial charge in [-0.05, 0) is 24.3 Å². The quantitative estimate of drug-likeness (QED) is 0.779. The molecule has 2 aromatic rings. The minimum atomic E-state index is -3.70. The highest BCUT2D eigenvalue weighted by Gasteiger charge is 2.20. The number of halogens is 1. The third-order valence-corrected chi connectivity index (χ3v) is 7.24. The van der Waals surface area contributed by atoms with Gasteiger partial charge in [0.1, 0.15) is 4.21 Å². The Hall–Kier alpha value is -1.13. The topological polar surface area (TPSA) is 83.6 Å². The van der Waals surface area contributed by atoms with Crippen molar-refractivity contribution in [2.75, 3.05) is 23.7 Å². The first-order valence-electron chi connectivity index (χ1n) is 6.48. The number of hydrogen-bond acceptors (Lipinski definition) is 5. The molecule has 2 rings (SSSR count). The zero-order chi connectivity index (χ0) is 17.1. The number of para-hydroxylation sites is 1. The van der Waals surface area contributed by atoms with Crippen LogP contribution in [0, 0.1) is 0 Å². The van der Waals surface area contributed by atoms with Crippen molar-refractivity contribution >= 4 is 48.7 Å². The second-order valence-corrected chi connectivity index (χ2v) is 10.2. The van der Waals surface area contributed by atoms with Crippen LogP contribution in [0.25, 0.3) is 0 Å². The van der Waals surface area contributed by atoms with Gasteiger partial charge < -0.3 is 0 Å². The SMILES string of the molecule is CS(=O)(=O)N(CCNS(=O)(=O)c1ccc(Cl)s1)c1ccccc1. The molecule has 6 nitrogen and oxygen atoms in total. The average molecular weight is 395 g/mol. The van der Waals surface area contributed by atoms with Crippen LogP contribution in [0.5, 0.6) is 0 Å². The summed E-state index contributed by atoms with van der Waals surface area (Å²) in [4.78, 5) is 0. The smallest absolute Gasteiger partial charge is 0.250 e. The van der Waals surface area contributed by atoms with Gasteiger partial charge in [-0.1, -0.05) is 29.8 Å². The molecule has 1 aromatic heterocycles. The Labute approximate surface area is 144 Å². The number of hydrogen-bond donors (Lipinski definition) is 1. The highest BCUT2D eigenvalue weighted by atomic mass is 35.5. The molecular formula is C13H15ClN2O4S3. The lowest BCUT2D eigenvalue weighted by molar-refractivity contribution is 0.580. The third-order valence-electron chi connectivity index (χ3n) is 2.86. The fraction of sp³-hybridized carbons (Fsp3) is 0.231. The molecule has 0 unspecified atom stereocenters. The lowest BCUT2D eigenvalue weighted by Gasteiger charge is -2.22. The highest BCUT2D eigenvalue weighted by Crippen LogP contribution is 2.25.